The van der Waals surface area contributed by atoms with E-state index in [1.807, 2.05) is 18.2 Å². The molecule has 1 saturated carbocycles. The van der Waals surface area contributed by atoms with Crippen LogP contribution < -0.4 is 20.9 Å². The third kappa shape index (κ3) is 5.84. The van der Waals surface area contributed by atoms with Gasteiger partial charge in [0.1, 0.15) is 12.4 Å². The summed E-state index contributed by atoms with van der Waals surface area (Å²) in [7, 11) is 0. The Balaban J connectivity index is 1.54. The van der Waals surface area contributed by atoms with Gasteiger partial charge in [-0.2, -0.15) is 0 Å². The second-order valence-corrected chi connectivity index (χ2v) is 7.29. The predicted octanol–water partition coefficient (Wildman–Crippen LogP) is 3.97. The number of carbonyl (C=O) groups is 1. The van der Waals surface area contributed by atoms with E-state index in [4.69, 9.17) is 28.6 Å². The highest BCUT2D eigenvalue weighted by molar-refractivity contribution is 7.80. The first-order chi connectivity index (χ1) is 13.1. The molecule has 3 rings (SSSR count). The zero-order valence-electron chi connectivity index (χ0n) is 14.8. The molecular formula is C20H22ClN3O2S. The molecule has 7 heteroatoms. The van der Waals surface area contributed by atoms with Gasteiger partial charge in [0.05, 0.1) is 5.56 Å². The van der Waals surface area contributed by atoms with E-state index in [2.05, 4.69) is 16.2 Å². The van der Waals surface area contributed by atoms with Crippen molar-refractivity contribution in [3.05, 3.63) is 64.7 Å². The standard InChI is InChI=1S/C20H22ClN3O2S/c21-15-11-9-14(10-12-15)13-26-18-8-4-3-7-17(18)19(25)23-24-20(27)22-16-5-1-2-6-16/h3-4,7-12,16H,1-2,5-6,13H2,(H,23,25)(H2,22,24,27). The molecule has 0 saturated heterocycles. The van der Waals surface area contributed by atoms with Gasteiger partial charge in [0.15, 0.2) is 5.11 Å². The number of amides is 1. The van der Waals surface area contributed by atoms with Gasteiger partial charge >= 0.3 is 0 Å². The summed E-state index contributed by atoms with van der Waals surface area (Å²) in [6.07, 6.45) is 4.64. The number of para-hydroxylation sites is 1. The third-order valence-corrected chi connectivity index (χ3v) is 4.89. The first kappa shape index (κ1) is 19.5. The average molecular weight is 404 g/mol. The molecule has 2 aromatic rings. The van der Waals surface area contributed by atoms with Gasteiger partial charge in [-0.05, 0) is 54.9 Å². The first-order valence-electron chi connectivity index (χ1n) is 8.95. The van der Waals surface area contributed by atoms with Crippen LogP contribution in [0.3, 0.4) is 0 Å². The molecule has 0 radical (unpaired) electrons. The number of hydrogen-bond donors (Lipinski definition) is 3. The van der Waals surface area contributed by atoms with E-state index in [0.29, 0.717) is 34.1 Å². The molecule has 0 aromatic heterocycles. The fourth-order valence-electron chi connectivity index (χ4n) is 2.99. The SMILES string of the molecule is O=C(NNC(=S)NC1CCCC1)c1ccccc1OCc1ccc(Cl)cc1. The number of ether oxygens (including phenoxy) is 1. The minimum absolute atomic E-state index is 0.308. The number of benzene rings is 2. The summed E-state index contributed by atoms with van der Waals surface area (Å²) >= 11 is 11.1. The van der Waals surface area contributed by atoms with Crippen LogP contribution in [0.25, 0.3) is 0 Å². The summed E-state index contributed by atoms with van der Waals surface area (Å²) in [5, 5.41) is 4.31. The molecule has 5 nitrogen and oxygen atoms in total. The van der Waals surface area contributed by atoms with Crippen LogP contribution in [0.1, 0.15) is 41.6 Å². The van der Waals surface area contributed by atoms with Crippen LogP contribution in [0.5, 0.6) is 5.75 Å². The van der Waals surface area contributed by atoms with Crippen molar-refractivity contribution in [3.63, 3.8) is 0 Å². The van der Waals surface area contributed by atoms with Crippen molar-refractivity contribution < 1.29 is 9.53 Å². The van der Waals surface area contributed by atoms with Crippen molar-refractivity contribution >= 4 is 34.8 Å². The van der Waals surface area contributed by atoms with Gasteiger partial charge in [-0.1, -0.05) is 48.7 Å². The lowest BCUT2D eigenvalue weighted by Gasteiger charge is -2.17. The van der Waals surface area contributed by atoms with Crippen molar-refractivity contribution in [2.24, 2.45) is 0 Å². The lowest BCUT2D eigenvalue weighted by Crippen LogP contribution is -2.49. The fraction of sp³-hybridized carbons (Fsp3) is 0.300. The molecule has 3 N–H and O–H groups in total. The molecule has 0 heterocycles. The average Bonchev–Trinajstić information content (AvgIpc) is 3.19. The molecular weight excluding hydrogens is 382 g/mol. The monoisotopic (exact) mass is 403 g/mol. The zero-order valence-corrected chi connectivity index (χ0v) is 16.4. The first-order valence-corrected chi connectivity index (χ1v) is 9.73. The summed E-state index contributed by atoms with van der Waals surface area (Å²) in [6, 6.07) is 14.9. The van der Waals surface area contributed by atoms with E-state index < -0.39 is 0 Å². The molecule has 0 unspecified atom stereocenters. The Morgan fingerprint density at radius 1 is 1.07 bits per heavy atom. The topological polar surface area (TPSA) is 62.4 Å². The third-order valence-electron chi connectivity index (χ3n) is 4.42. The molecule has 0 spiro atoms. The highest BCUT2D eigenvalue weighted by Gasteiger charge is 2.16. The molecule has 0 bridgehead atoms. The second kappa shape index (κ2) is 9.58. The number of rotatable bonds is 5. The zero-order chi connectivity index (χ0) is 19.1. The van der Waals surface area contributed by atoms with Crippen molar-refractivity contribution in [2.75, 3.05) is 0 Å². The van der Waals surface area contributed by atoms with E-state index in [-0.39, 0.29) is 5.91 Å². The summed E-state index contributed by atoms with van der Waals surface area (Å²) in [6.45, 7) is 0.344. The van der Waals surface area contributed by atoms with Crippen LogP contribution >= 0.6 is 23.8 Å². The number of carbonyl (C=O) groups excluding carboxylic acids is 1. The molecule has 1 aliphatic rings. The number of thiocarbonyl (C=S) groups is 1. The van der Waals surface area contributed by atoms with E-state index >= 15 is 0 Å². The number of halogens is 1. The Bertz CT molecular complexity index is 792. The summed E-state index contributed by atoms with van der Waals surface area (Å²) in [5.74, 6) is 0.193. The molecule has 0 aliphatic heterocycles. The molecule has 1 amide bonds. The molecule has 2 aromatic carbocycles. The maximum Gasteiger partial charge on any atom is 0.273 e. The predicted molar refractivity (Wildman–Crippen MR) is 111 cm³/mol. The maximum absolute atomic E-state index is 12.5. The van der Waals surface area contributed by atoms with E-state index in [0.717, 1.165) is 18.4 Å². The van der Waals surface area contributed by atoms with Crippen molar-refractivity contribution in [2.45, 2.75) is 38.3 Å². The lowest BCUT2D eigenvalue weighted by molar-refractivity contribution is 0.0939. The van der Waals surface area contributed by atoms with Crippen molar-refractivity contribution in [3.8, 4) is 5.75 Å². The minimum Gasteiger partial charge on any atom is -0.488 e. The largest absolute Gasteiger partial charge is 0.488 e. The number of hydrazine groups is 1. The van der Waals surface area contributed by atoms with Gasteiger partial charge in [-0.3, -0.25) is 15.6 Å². The summed E-state index contributed by atoms with van der Waals surface area (Å²) in [4.78, 5) is 12.5. The second-order valence-electron chi connectivity index (χ2n) is 6.45. The van der Waals surface area contributed by atoms with Crippen LogP contribution in [0, 0.1) is 0 Å². The van der Waals surface area contributed by atoms with Gasteiger partial charge in [0.25, 0.3) is 5.91 Å². The van der Waals surface area contributed by atoms with Gasteiger partial charge in [0, 0.05) is 11.1 Å². The number of nitrogens with one attached hydrogen (secondary N) is 3. The van der Waals surface area contributed by atoms with Crippen molar-refractivity contribution in [1.82, 2.24) is 16.2 Å². The van der Waals surface area contributed by atoms with E-state index in [1.54, 1.807) is 30.3 Å². The summed E-state index contributed by atoms with van der Waals surface area (Å²) in [5.41, 5.74) is 6.79. The molecule has 1 aliphatic carbocycles. The van der Waals surface area contributed by atoms with Crippen LogP contribution in [-0.4, -0.2) is 17.1 Å². The van der Waals surface area contributed by atoms with Gasteiger partial charge < -0.3 is 10.1 Å². The van der Waals surface area contributed by atoms with E-state index in [9.17, 15) is 4.79 Å². The molecule has 142 valence electrons. The lowest BCUT2D eigenvalue weighted by atomic mass is 10.2. The quantitative estimate of drug-likeness (QED) is 0.520. The van der Waals surface area contributed by atoms with E-state index in [1.165, 1.54) is 12.8 Å². The summed E-state index contributed by atoms with van der Waals surface area (Å²) < 4.78 is 5.82. The van der Waals surface area contributed by atoms with Crippen molar-refractivity contribution in [1.29, 1.82) is 0 Å². The maximum atomic E-state index is 12.5. The smallest absolute Gasteiger partial charge is 0.273 e. The van der Waals surface area contributed by atoms with Crippen LogP contribution in [0.4, 0.5) is 0 Å². The van der Waals surface area contributed by atoms with Gasteiger partial charge in [-0.15, -0.1) is 0 Å². The highest BCUT2D eigenvalue weighted by atomic mass is 35.5. The fourth-order valence-corrected chi connectivity index (χ4v) is 3.34. The normalized spacial score (nSPS) is 13.8. The van der Waals surface area contributed by atoms with Crippen LogP contribution in [0.2, 0.25) is 5.02 Å². The Labute approximate surface area is 169 Å². The minimum atomic E-state index is -0.308. The Hall–Kier alpha value is -2.31. The van der Waals surface area contributed by atoms with Crippen LogP contribution in [-0.2, 0) is 6.61 Å². The van der Waals surface area contributed by atoms with Crippen LogP contribution in [0.15, 0.2) is 48.5 Å². The number of hydrogen-bond acceptors (Lipinski definition) is 3. The van der Waals surface area contributed by atoms with Gasteiger partial charge in [-0.25, -0.2) is 0 Å². The molecule has 1 fully saturated rings. The molecule has 27 heavy (non-hydrogen) atoms. The van der Waals surface area contributed by atoms with Gasteiger partial charge in [0.2, 0.25) is 0 Å². The Morgan fingerprint density at radius 3 is 2.52 bits per heavy atom. The Kier molecular flexibility index (Phi) is 6.90. The Morgan fingerprint density at radius 2 is 1.78 bits per heavy atom. The molecule has 0 atom stereocenters. The highest BCUT2D eigenvalue weighted by Crippen LogP contribution is 2.20.